The second-order valence-corrected chi connectivity index (χ2v) is 4.82. The first-order valence-corrected chi connectivity index (χ1v) is 6.67. The van der Waals surface area contributed by atoms with Gasteiger partial charge in [0.25, 0.3) is 0 Å². The molecule has 5 nitrogen and oxygen atoms in total. The number of hydrogen-bond acceptors (Lipinski definition) is 4. The van der Waals surface area contributed by atoms with Crippen molar-refractivity contribution in [3.63, 3.8) is 0 Å². The van der Waals surface area contributed by atoms with Crippen LogP contribution in [0, 0.1) is 0 Å². The van der Waals surface area contributed by atoms with E-state index in [4.69, 9.17) is 9.47 Å². The molecule has 1 aromatic rings. The summed E-state index contributed by atoms with van der Waals surface area (Å²) in [5, 5.41) is 6.20. The minimum absolute atomic E-state index is 0.0458. The van der Waals surface area contributed by atoms with Crippen molar-refractivity contribution in [2.75, 3.05) is 19.5 Å². The molecule has 0 spiro atoms. The molecule has 5 heteroatoms. The number of amides is 1. The molecule has 2 unspecified atom stereocenters. The number of rotatable bonds is 7. The van der Waals surface area contributed by atoms with Crippen LogP contribution < -0.4 is 10.6 Å². The van der Waals surface area contributed by atoms with Crippen molar-refractivity contribution in [1.82, 2.24) is 5.32 Å². The molecule has 0 heterocycles. The minimum atomic E-state index is -0.295. The van der Waals surface area contributed by atoms with E-state index in [0.717, 1.165) is 11.3 Å². The monoisotopic (exact) mass is 280 g/mol. The van der Waals surface area contributed by atoms with E-state index in [1.165, 1.54) is 6.92 Å². The number of ether oxygens (including phenoxy) is 2. The van der Waals surface area contributed by atoms with Gasteiger partial charge >= 0.3 is 0 Å². The van der Waals surface area contributed by atoms with Crippen molar-refractivity contribution in [3.05, 3.63) is 29.8 Å². The average Bonchev–Trinajstić information content (AvgIpc) is 2.39. The van der Waals surface area contributed by atoms with Crippen molar-refractivity contribution < 1.29 is 14.3 Å². The number of carbonyl (C=O) groups is 1. The zero-order valence-electron chi connectivity index (χ0n) is 12.8. The number of benzene rings is 1. The Bertz CT molecular complexity index is 433. The molecule has 0 saturated carbocycles. The van der Waals surface area contributed by atoms with Crippen LogP contribution in [0.1, 0.15) is 32.4 Å². The van der Waals surface area contributed by atoms with Crippen molar-refractivity contribution in [1.29, 1.82) is 0 Å². The van der Waals surface area contributed by atoms with Crippen molar-refractivity contribution >= 4 is 11.6 Å². The molecule has 0 saturated heterocycles. The van der Waals surface area contributed by atoms with E-state index in [1.54, 1.807) is 14.2 Å². The molecule has 0 aliphatic carbocycles. The maximum atomic E-state index is 11.1. The van der Waals surface area contributed by atoms with Gasteiger partial charge < -0.3 is 20.1 Å². The molecule has 0 aliphatic rings. The summed E-state index contributed by atoms with van der Waals surface area (Å²) in [4.78, 5) is 11.1. The maximum absolute atomic E-state index is 11.1. The third-order valence-corrected chi connectivity index (χ3v) is 3.09. The van der Waals surface area contributed by atoms with Crippen LogP contribution in [0.15, 0.2) is 24.3 Å². The van der Waals surface area contributed by atoms with Crippen LogP contribution in [0.4, 0.5) is 5.69 Å². The minimum Gasteiger partial charge on any atom is -0.354 e. The summed E-state index contributed by atoms with van der Waals surface area (Å²) in [5.41, 5.74) is 1.89. The fourth-order valence-electron chi connectivity index (χ4n) is 2.16. The topological polar surface area (TPSA) is 59.6 Å². The molecule has 0 aliphatic heterocycles. The molecule has 0 fully saturated rings. The molecular weight excluding hydrogens is 256 g/mol. The van der Waals surface area contributed by atoms with Crippen LogP contribution in [-0.2, 0) is 14.3 Å². The van der Waals surface area contributed by atoms with Gasteiger partial charge in [0.1, 0.15) is 0 Å². The summed E-state index contributed by atoms with van der Waals surface area (Å²) in [6, 6.07) is 7.93. The number of carbonyl (C=O) groups excluding carboxylic acids is 1. The molecule has 112 valence electrons. The van der Waals surface area contributed by atoms with Gasteiger partial charge in [-0.3, -0.25) is 4.79 Å². The largest absolute Gasteiger partial charge is 0.354 e. The normalized spacial score (nSPS) is 14.1. The Balaban J connectivity index is 2.71. The van der Waals surface area contributed by atoms with E-state index < -0.39 is 0 Å². The predicted octanol–water partition coefficient (Wildman–Crippen LogP) is 2.30. The van der Waals surface area contributed by atoms with Gasteiger partial charge in [0.15, 0.2) is 6.29 Å². The van der Waals surface area contributed by atoms with Crippen LogP contribution in [0.5, 0.6) is 0 Å². The SMILES string of the molecule is COC(OC)C(C)NC(C)c1cccc(NC(C)=O)c1. The molecule has 1 aromatic carbocycles. The summed E-state index contributed by atoms with van der Waals surface area (Å²) in [6.07, 6.45) is -0.295. The molecule has 0 radical (unpaired) electrons. The van der Waals surface area contributed by atoms with Crippen molar-refractivity contribution in [2.45, 2.75) is 39.1 Å². The molecule has 0 bridgehead atoms. The zero-order chi connectivity index (χ0) is 15.1. The lowest BCUT2D eigenvalue weighted by molar-refractivity contribution is -0.120. The van der Waals surface area contributed by atoms with Crippen LogP contribution in [-0.4, -0.2) is 32.5 Å². The Morgan fingerprint density at radius 3 is 2.40 bits per heavy atom. The lowest BCUT2D eigenvalue weighted by Gasteiger charge is -2.26. The Morgan fingerprint density at radius 1 is 1.20 bits per heavy atom. The number of hydrogen-bond donors (Lipinski definition) is 2. The summed E-state index contributed by atoms with van der Waals surface area (Å²) in [5.74, 6) is -0.0741. The van der Waals surface area contributed by atoms with Gasteiger partial charge in [0.2, 0.25) is 5.91 Å². The number of anilines is 1. The number of methoxy groups -OCH3 is 2. The summed E-state index contributed by atoms with van der Waals surface area (Å²) >= 11 is 0. The molecule has 20 heavy (non-hydrogen) atoms. The Kier molecular flexibility index (Phi) is 6.64. The lowest BCUT2D eigenvalue weighted by Crippen LogP contribution is -2.40. The Labute approximate surface area is 120 Å². The highest BCUT2D eigenvalue weighted by Crippen LogP contribution is 2.18. The van der Waals surface area contributed by atoms with Gasteiger partial charge in [-0.25, -0.2) is 0 Å². The highest BCUT2D eigenvalue weighted by atomic mass is 16.7. The van der Waals surface area contributed by atoms with Gasteiger partial charge in [-0.15, -0.1) is 0 Å². The summed E-state index contributed by atoms with van der Waals surface area (Å²) in [7, 11) is 3.24. The van der Waals surface area contributed by atoms with Gasteiger partial charge in [-0.1, -0.05) is 12.1 Å². The van der Waals surface area contributed by atoms with Crippen LogP contribution in [0.25, 0.3) is 0 Å². The first kappa shape index (κ1) is 16.6. The second-order valence-electron chi connectivity index (χ2n) is 4.82. The first-order valence-electron chi connectivity index (χ1n) is 6.67. The fourth-order valence-corrected chi connectivity index (χ4v) is 2.16. The van der Waals surface area contributed by atoms with Crippen LogP contribution >= 0.6 is 0 Å². The van der Waals surface area contributed by atoms with Crippen LogP contribution in [0.2, 0.25) is 0 Å². The Hall–Kier alpha value is -1.43. The maximum Gasteiger partial charge on any atom is 0.221 e. The molecule has 2 atom stereocenters. The molecule has 1 amide bonds. The van der Waals surface area contributed by atoms with E-state index in [1.807, 2.05) is 31.2 Å². The summed E-state index contributed by atoms with van der Waals surface area (Å²) in [6.45, 7) is 5.57. The average molecular weight is 280 g/mol. The van der Waals surface area contributed by atoms with Crippen LogP contribution in [0.3, 0.4) is 0 Å². The first-order chi connectivity index (χ1) is 9.47. The molecule has 0 aromatic heterocycles. The highest BCUT2D eigenvalue weighted by molar-refractivity contribution is 5.88. The quantitative estimate of drug-likeness (QED) is 0.752. The number of nitrogens with one attached hydrogen (secondary N) is 2. The van der Waals surface area contributed by atoms with E-state index in [-0.39, 0.29) is 24.3 Å². The molecule has 1 rings (SSSR count). The van der Waals surface area contributed by atoms with Gasteiger partial charge in [0, 0.05) is 32.9 Å². The van der Waals surface area contributed by atoms with E-state index in [2.05, 4.69) is 17.6 Å². The predicted molar refractivity (Wildman–Crippen MR) is 79.6 cm³/mol. The third kappa shape index (κ3) is 4.92. The van der Waals surface area contributed by atoms with E-state index in [0.29, 0.717) is 0 Å². The van der Waals surface area contributed by atoms with Gasteiger partial charge in [-0.2, -0.15) is 0 Å². The molecular formula is C15H24N2O3. The summed E-state index contributed by atoms with van der Waals surface area (Å²) < 4.78 is 10.5. The lowest BCUT2D eigenvalue weighted by atomic mass is 10.1. The van der Waals surface area contributed by atoms with E-state index >= 15 is 0 Å². The van der Waals surface area contributed by atoms with Gasteiger partial charge in [-0.05, 0) is 31.5 Å². The van der Waals surface area contributed by atoms with Crippen molar-refractivity contribution in [3.8, 4) is 0 Å². The third-order valence-electron chi connectivity index (χ3n) is 3.09. The fraction of sp³-hybridized carbons (Fsp3) is 0.533. The van der Waals surface area contributed by atoms with Crippen molar-refractivity contribution in [2.24, 2.45) is 0 Å². The highest BCUT2D eigenvalue weighted by Gasteiger charge is 2.18. The zero-order valence-corrected chi connectivity index (χ0v) is 12.8. The molecule has 2 N–H and O–H groups in total. The smallest absolute Gasteiger partial charge is 0.221 e. The standard InChI is InChI=1S/C15H24N2O3/c1-10(16-11(2)15(19-4)20-5)13-7-6-8-14(9-13)17-12(3)18/h6-11,15-16H,1-5H3,(H,17,18). The Morgan fingerprint density at radius 2 is 1.85 bits per heavy atom. The van der Waals surface area contributed by atoms with E-state index in [9.17, 15) is 4.79 Å². The second kappa shape index (κ2) is 7.99. The van der Waals surface area contributed by atoms with Gasteiger partial charge in [0.05, 0.1) is 6.04 Å².